The van der Waals surface area contributed by atoms with E-state index in [1.807, 2.05) is 37.3 Å². The molecule has 2 N–H and O–H groups in total. The lowest BCUT2D eigenvalue weighted by atomic mass is 10.2. The first-order valence-electron chi connectivity index (χ1n) is 7.70. The normalized spacial score (nSPS) is 12.1. The van der Waals surface area contributed by atoms with Gasteiger partial charge in [0.1, 0.15) is 11.8 Å². The third kappa shape index (κ3) is 3.38. The molecule has 2 heterocycles. The summed E-state index contributed by atoms with van der Waals surface area (Å²) in [6, 6.07) is 12.8. The number of hydrogen-bond acceptors (Lipinski definition) is 4. The maximum atomic E-state index is 12.5. The molecule has 24 heavy (non-hydrogen) atoms. The number of aliphatic hydroxyl groups is 1. The van der Waals surface area contributed by atoms with Crippen molar-refractivity contribution in [3.63, 3.8) is 0 Å². The van der Waals surface area contributed by atoms with Gasteiger partial charge in [-0.15, -0.1) is 0 Å². The van der Waals surface area contributed by atoms with Gasteiger partial charge in [-0.3, -0.25) is 9.48 Å². The molecule has 0 aliphatic rings. The van der Waals surface area contributed by atoms with E-state index in [1.54, 1.807) is 23.0 Å². The number of rotatable bonds is 6. The molecule has 0 fully saturated rings. The maximum absolute atomic E-state index is 12.5. The largest absolute Gasteiger partial charge is 0.467 e. The fourth-order valence-corrected chi connectivity index (χ4v) is 2.52. The summed E-state index contributed by atoms with van der Waals surface area (Å²) in [5, 5.41) is 16.5. The molecule has 2 aromatic heterocycles. The van der Waals surface area contributed by atoms with Gasteiger partial charge in [-0.05, 0) is 24.6 Å². The van der Waals surface area contributed by atoms with E-state index in [2.05, 4.69) is 10.4 Å². The number of furan rings is 1. The molecule has 0 bridgehead atoms. The van der Waals surface area contributed by atoms with Crippen molar-refractivity contribution in [3.05, 3.63) is 77.5 Å². The topological polar surface area (TPSA) is 80.3 Å². The van der Waals surface area contributed by atoms with E-state index < -0.39 is 6.04 Å². The molecule has 0 spiro atoms. The minimum atomic E-state index is -0.579. The number of hydrogen-bond donors (Lipinski definition) is 2. The van der Waals surface area contributed by atoms with E-state index in [9.17, 15) is 9.90 Å². The Balaban J connectivity index is 1.74. The average molecular weight is 325 g/mol. The van der Waals surface area contributed by atoms with E-state index >= 15 is 0 Å². The van der Waals surface area contributed by atoms with Crippen LogP contribution in [-0.2, 0) is 6.54 Å². The molecule has 1 atom stereocenters. The van der Waals surface area contributed by atoms with Gasteiger partial charge in [0.15, 0.2) is 0 Å². The molecule has 0 aliphatic heterocycles. The van der Waals surface area contributed by atoms with Crippen LogP contribution >= 0.6 is 0 Å². The number of carbonyl (C=O) groups excluding carboxylic acids is 1. The number of nitrogens with one attached hydrogen (secondary N) is 1. The van der Waals surface area contributed by atoms with Crippen molar-refractivity contribution in [2.75, 3.05) is 6.61 Å². The number of amides is 1. The van der Waals surface area contributed by atoms with Gasteiger partial charge < -0.3 is 14.8 Å². The molecule has 6 heteroatoms. The van der Waals surface area contributed by atoms with Crippen molar-refractivity contribution >= 4 is 5.91 Å². The first-order chi connectivity index (χ1) is 11.7. The van der Waals surface area contributed by atoms with Crippen molar-refractivity contribution in [3.8, 4) is 0 Å². The Hall–Kier alpha value is -2.86. The third-order valence-electron chi connectivity index (χ3n) is 3.90. The lowest BCUT2D eigenvalue weighted by Crippen LogP contribution is -2.30. The lowest BCUT2D eigenvalue weighted by molar-refractivity contribution is 0.0906. The first-order valence-corrected chi connectivity index (χ1v) is 7.70. The Kier molecular flexibility index (Phi) is 4.77. The average Bonchev–Trinajstić information content (AvgIpc) is 3.24. The van der Waals surface area contributed by atoms with E-state index in [4.69, 9.17) is 4.42 Å². The molecular formula is C18H19N3O3. The van der Waals surface area contributed by atoms with Crippen molar-refractivity contribution < 1.29 is 14.3 Å². The van der Waals surface area contributed by atoms with Crippen LogP contribution in [-0.4, -0.2) is 27.4 Å². The Morgan fingerprint density at radius 1 is 1.29 bits per heavy atom. The predicted molar refractivity (Wildman–Crippen MR) is 88.5 cm³/mol. The van der Waals surface area contributed by atoms with Gasteiger partial charge in [0.2, 0.25) is 0 Å². The predicted octanol–water partition coefficient (Wildman–Crippen LogP) is 2.30. The summed E-state index contributed by atoms with van der Waals surface area (Å²) in [6.07, 6.45) is 3.05. The highest BCUT2D eigenvalue weighted by atomic mass is 16.3. The van der Waals surface area contributed by atoms with E-state index in [0.717, 1.165) is 11.3 Å². The number of aliphatic hydroxyl groups excluding tert-OH is 1. The quantitative estimate of drug-likeness (QED) is 0.729. The van der Waals surface area contributed by atoms with Gasteiger partial charge in [0.05, 0.1) is 31.2 Å². The fourth-order valence-electron chi connectivity index (χ4n) is 2.52. The lowest BCUT2D eigenvalue weighted by Gasteiger charge is -2.13. The summed E-state index contributed by atoms with van der Waals surface area (Å²) < 4.78 is 7.03. The zero-order valence-electron chi connectivity index (χ0n) is 13.3. The monoisotopic (exact) mass is 325 g/mol. The minimum absolute atomic E-state index is 0.240. The van der Waals surface area contributed by atoms with Gasteiger partial charge in [-0.1, -0.05) is 30.3 Å². The van der Waals surface area contributed by atoms with Crippen LogP contribution in [0.3, 0.4) is 0 Å². The Labute approximate surface area is 139 Å². The molecule has 124 valence electrons. The van der Waals surface area contributed by atoms with Gasteiger partial charge in [0, 0.05) is 5.69 Å². The van der Waals surface area contributed by atoms with Gasteiger partial charge in [-0.25, -0.2) is 0 Å². The van der Waals surface area contributed by atoms with Crippen LogP contribution in [0.5, 0.6) is 0 Å². The van der Waals surface area contributed by atoms with Crippen molar-refractivity contribution in [2.45, 2.75) is 19.5 Å². The van der Waals surface area contributed by atoms with Crippen LogP contribution < -0.4 is 5.32 Å². The SMILES string of the molecule is Cc1c(C(=O)NC(CO)c2ccco2)cnn1Cc1ccccc1. The summed E-state index contributed by atoms with van der Waals surface area (Å²) in [4.78, 5) is 12.5. The zero-order chi connectivity index (χ0) is 16.9. The van der Waals surface area contributed by atoms with Crippen molar-refractivity contribution in [1.29, 1.82) is 0 Å². The highest BCUT2D eigenvalue weighted by Crippen LogP contribution is 2.15. The second-order valence-electron chi connectivity index (χ2n) is 5.51. The number of benzene rings is 1. The van der Waals surface area contributed by atoms with Gasteiger partial charge in [0.25, 0.3) is 5.91 Å². The standard InChI is InChI=1S/C18H19N3O3/c1-13-15(10-19-21(13)11-14-6-3-2-4-7-14)18(23)20-16(12-22)17-8-5-9-24-17/h2-10,16,22H,11-12H2,1H3,(H,20,23). The molecule has 0 aliphatic carbocycles. The van der Waals surface area contributed by atoms with E-state index in [0.29, 0.717) is 17.9 Å². The molecule has 0 radical (unpaired) electrons. The molecule has 6 nitrogen and oxygen atoms in total. The molecule has 0 saturated carbocycles. The molecule has 1 unspecified atom stereocenters. The third-order valence-corrected chi connectivity index (χ3v) is 3.90. The summed E-state index contributed by atoms with van der Waals surface area (Å²) in [5.41, 5.74) is 2.36. The second kappa shape index (κ2) is 7.14. The van der Waals surface area contributed by atoms with Gasteiger partial charge >= 0.3 is 0 Å². The van der Waals surface area contributed by atoms with E-state index in [-0.39, 0.29) is 12.5 Å². The summed E-state index contributed by atoms with van der Waals surface area (Å²) in [5.74, 6) is 0.224. The Bertz CT molecular complexity index is 794. The van der Waals surface area contributed by atoms with Crippen LogP contribution in [0.15, 0.2) is 59.3 Å². The first kappa shape index (κ1) is 16.0. The van der Waals surface area contributed by atoms with Crippen LogP contribution in [0.1, 0.15) is 33.4 Å². The minimum Gasteiger partial charge on any atom is -0.467 e. The van der Waals surface area contributed by atoms with Crippen LogP contribution in [0.2, 0.25) is 0 Å². The molecule has 0 saturated heterocycles. The number of carbonyl (C=O) groups is 1. The Morgan fingerprint density at radius 3 is 2.75 bits per heavy atom. The molecule has 3 rings (SSSR count). The maximum Gasteiger partial charge on any atom is 0.255 e. The van der Waals surface area contributed by atoms with Crippen LogP contribution in [0.25, 0.3) is 0 Å². The van der Waals surface area contributed by atoms with Crippen LogP contribution in [0, 0.1) is 6.92 Å². The highest BCUT2D eigenvalue weighted by Gasteiger charge is 2.20. The van der Waals surface area contributed by atoms with Gasteiger partial charge in [-0.2, -0.15) is 5.10 Å². The second-order valence-corrected chi connectivity index (χ2v) is 5.51. The van der Waals surface area contributed by atoms with Crippen LogP contribution in [0.4, 0.5) is 0 Å². The highest BCUT2D eigenvalue weighted by molar-refractivity contribution is 5.95. The number of aromatic nitrogens is 2. The fraction of sp³-hybridized carbons (Fsp3) is 0.222. The summed E-state index contributed by atoms with van der Waals surface area (Å²) in [6.45, 7) is 2.21. The van der Waals surface area contributed by atoms with E-state index in [1.165, 1.54) is 6.26 Å². The van der Waals surface area contributed by atoms with Crippen molar-refractivity contribution in [1.82, 2.24) is 15.1 Å². The Morgan fingerprint density at radius 2 is 2.08 bits per heavy atom. The zero-order valence-corrected chi connectivity index (χ0v) is 13.3. The molecule has 1 aromatic carbocycles. The summed E-state index contributed by atoms with van der Waals surface area (Å²) in [7, 11) is 0. The van der Waals surface area contributed by atoms with Crippen molar-refractivity contribution in [2.24, 2.45) is 0 Å². The number of nitrogens with zero attached hydrogens (tertiary/aromatic N) is 2. The molecule has 3 aromatic rings. The molecular weight excluding hydrogens is 306 g/mol. The summed E-state index contributed by atoms with van der Waals surface area (Å²) >= 11 is 0. The molecule has 1 amide bonds. The smallest absolute Gasteiger partial charge is 0.255 e.